The van der Waals surface area contributed by atoms with Gasteiger partial charge in [-0.05, 0) is 24.3 Å². The van der Waals surface area contributed by atoms with Gasteiger partial charge in [-0.15, -0.1) is 0 Å². The van der Waals surface area contributed by atoms with Crippen LogP contribution in [0.5, 0.6) is 5.75 Å². The number of methoxy groups -OCH3 is 1. The summed E-state index contributed by atoms with van der Waals surface area (Å²) in [5, 5.41) is 0. The van der Waals surface area contributed by atoms with Gasteiger partial charge >= 0.3 is 0 Å². The lowest BCUT2D eigenvalue weighted by molar-refractivity contribution is -0.883. The molecule has 1 amide bonds. The highest BCUT2D eigenvalue weighted by molar-refractivity contribution is 7.89. The van der Waals surface area contributed by atoms with Crippen molar-refractivity contribution in [3.05, 3.63) is 24.3 Å². The summed E-state index contributed by atoms with van der Waals surface area (Å²) in [5.41, 5.74) is 0. The van der Waals surface area contributed by atoms with Gasteiger partial charge in [0.15, 0.2) is 0 Å². The van der Waals surface area contributed by atoms with E-state index in [1.807, 2.05) is 0 Å². The Morgan fingerprint density at radius 3 is 2.43 bits per heavy atom. The summed E-state index contributed by atoms with van der Waals surface area (Å²) >= 11 is 0. The molecule has 0 saturated carbocycles. The molecule has 0 radical (unpaired) electrons. The number of carbonyl (C=O) groups is 1. The van der Waals surface area contributed by atoms with Gasteiger partial charge in [-0.1, -0.05) is 0 Å². The summed E-state index contributed by atoms with van der Waals surface area (Å²) in [5.74, 6) is 0.589. The van der Waals surface area contributed by atoms with Crippen molar-refractivity contribution in [1.29, 1.82) is 0 Å². The molecular weight excluding hydrogens is 318 g/mol. The molecule has 0 spiro atoms. The summed E-state index contributed by atoms with van der Waals surface area (Å²) in [6.07, 6.45) is 0.175. The van der Waals surface area contributed by atoms with Crippen molar-refractivity contribution >= 4 is 15.9 Å². The third-order valence-corrected chi connectivity index (χ3v) is 5.45. The van der Waals surface area contributed by atoms with Gasteiger partial charge in [-0.2, -0.15) is 0 Å². The number of carbonyl (C=O) groups excluding carboxylic acids is 1. The number of quaternary nitrogens is 1. The highest BCUT2D eigenvalue weighted by atomic mass is 32.2. The summed E-state index contributed by atoms with van der Waals surface area (Å²) in [6.45, 7) is 3.44. The molecule has 1 aromatic carbocycles. The average molecular weight is 342 g/mol. The minimum Gasteiger partial charge on any atom is -0.497 e. The van der Waals surface area contributed by atoms with Gasteiger partial charge in [0.05, 0.1) is 45.2 Å². The van der Waals surface area contributed by atoms with E-state index in [1.165, 1.54) is 24.1 Å². The number of ether oxygens (including phenoxy) is 1. The molecule has 2 rings (SSSR count). The largest absolute Gasteiger partial charge is 0.497 e. The van der Waals surface area contributed by atoms with Crippen LogP contribution in [0.2, 0.25) is 0 Å². The molecule has 1 aliphatic heterocycles. The van der Waals surface area contributed by atoms with E-state index in [0.717, 1.165) is 26.2 Å². The predicted octanol–water partition coefficient (Wildman–Crippen LogP) is -1.28. The Bertz CT molecular complexity index is 623. The minimum absolute atomic E-state index is 0.00469. The molecule has 0 aliphatic carbocycles. The summed E-state index contributed by atoms with van der Waals surface area (Å²) < 4.78 is 31.8. The van der Waals surface area contributed by atoms with Crippen LogP contribution in [0.3, 0.4) is 0 Å². The Hall–Kier alpha value is -1.64. The average Bonchev–Trinajstić information content (AvgIpc) is 2.55. The molecule has 23 heavy (non-hydrogen) atoms. The highest BCUT2D eigenvalue weighted by Crippen LogP contribution is 2.15. The summed E-state index contributed by atoms with van der Waals surface area (Å²) in [7, 11) is 0.0222. The molecule has 128 valence electrons. The molecule has 1 heterocycles. The van der Waals surface area contributed by atoms with Gasteiger partial charge < -0.3 is 14.5 Å². The van der Waals surface area contributed by atoms with Gasteiger partial charge in [0, 0.05) is 13.0 Å². The highest BCUT2D eigenvalue weighted by Gasteiger charge is 2.21. The number of likely N-dealkylation sites (N-methyl/N-ethyl adjacent to an activating group) is 1. The quantitative estimate of drug-likeness (QED) is 0.675. The number of hydrogen-bond acceptors (Lipinski definition) is 4. The lowest BCUT2D eigenvalue weighted by atomic mass is 10.3. The second-order valence-corrected chi connectivity index (χ2v) is 7.43. The Morgan fingerprint density at radius 1 is 1.26 bits per heavy atom. The first-order chi connectivity index (χ1) is 10.9. The molecule has 0 aromatic heterocycles. The van der Waals surface area contributed by atoms with E-state index in [4.69, 9.17) is 4.74 Å². The van der Waals surface area contributed by atoms with E-state index < -0.39 is 10.0 Å². The van der Waals surface area contributed by atoms with Crippen LogP contribution in [0.4, 0.5) is 0 Å². The van der Waals surface area contributed by atoms with E-state index in [1.54, 1.807) is 17.0 Å². The molecule has 1 aliphatic rings. The Morgan fingerprint density at radius 2 is 1.87 bits per heavy atom. The first-order valence-electron chi connectivity index (χ1n) is 7.65. The van der Waals surface area contributed by atoms with E-state index in [-0.39, 0.29) is 23.8 Å². The number of rotatable bonds is 6. The molecule has 1 aromatic rings. The van der Waals surface area contributed by atoms with Gasteiger partial charge in [0.2, 0.25) is 15.9 Å². The molecular formula is C15H24N3O4S+. The number of benzene rings is 1. The van der Waals surface area contributed by atoms with E-state index in [0.29, 0.717) is 5.75 Å². The third kappa shape index (κ3) is 4.92. The topological polar surface area (TPSA) is 80.1 Å². The lowest BCUT2D eigenvalue weighted by Gasteiger charge is -2.30. The lowest BCUT2D eigenvalue weighted by Crippen LogP contribution is -3.12. The predicted molar refractivity (Wildman–Crippen MR) is 86.0 cm³/mol. The number of hydrogen-bond donors (Lipinski definition) is 2. The van der Waals surface area contributed by atoms with Crippen molar-refractivity contribution in [1.82, 2.24) is 9.62 Å². The standard InChI is InChI=1S/C15H23N3O4S/c1-17-9-11-18(12-10-17)15(19)7-8-16-23(20,21)14-5-3-13(22-2)4-6-14/h3-6,16H,7-12H2,1-2H3/p+1. The Kier molecular flexibility index (Phi) is 5.97. The Balaban J connectivity index is 1.83. The van der Waals surface area contributed by atoms with E-state index in [2.05, 4.69) is 11.8 Å². The molecule has 2 N–H and O–H groups in total. The summed E-state index contributed by atoms with van der Waals surface area (Å²) in [6, 6.07) is 6.14. The van der Waals surface area contributed by atoms with E-state index in [9.17, 15) is 13.2 Å². The molecule has 0 atom stereocenters. The van der Waals surface area contributed by atoms with Crippen LogP contribution in [0.25, 0.3) is 0 Å². The van der Waals surface area contributed by atoms with Gasteiger partial charge in [-0.3, -0.25) is 4.79 Å². The zero-order valence-corrected chi connectivity index (χ0v) is 14.4. The van der Waals surface area contributed by atoms with Crippen molar-refractivity contribution < 1.29 is 22.8 Å². The zero-order chi connectivity index (χ0) is 16.9. The maximum absolute atomic E-state index is 12.2. The van der Waals surface area contributed by atoms with Gasteiger partial charge in [0.25, 0.3) is 0 Å². The molecule has 8 heteroatoms. The number of nitrogens with one attached hydrogen (secondary N) is 2. The van der Waals surface area contributed by atoms with Gasteiger partial charge in [-0.25, -0.2) is 13.1 Å². The fourth-order valence-corrected chi connectivity index (χ4v) is 3.46. The van der Waals surface area contributed by atoms with Crippen LogP contribution >= 0.6 is 0 Å². The SMILES string of the molecule is COc1ccc(S(=O)(=O)NCCC(=O)N2CC[NH+](C)CC2)cc1. The molecule has 1 saturated heterocycles. The number of sulfonamides is 1. The molecule has 1 fully saturated rings. The van der Waals surface area contributed by atoms with Crippen LogP contribution in [0.15, 0.2) is 29.2 Å². The maximum Gasteiger partial charge on any atom is 0.240 e. The molecule has 0 unspecified atom stereocenters. The number of nitrogens with zero attached hydrogens (tertiary/aromatic N) is 1. The number of piperazine rings is 1. The van der Waals surface area contributed by atoms with Crippen LogP contribution in [-0.2, 0) is 14.8 Å². The van der Waals surface area contributed by atoms with Crippen molar-refractivity contribution in [2.45, 2.75) is 11.3 Å². The first-order valence-corrected chi connectivity index (χ1v) is 9.13. The van der Waals surface area contributed by atoms with Crippen molar-refractivity contribution in [3.63, 3.8) is 0 Å². The first kappa shape index (κ1) is 17.7. The van der Waals surface area contributed by atoms with E-state index >= 15 is 0 Å². The smallest absolute Gasteiger partial charge is 0.240 e. The van der Waals surface area contributed by atoms with Crippen molar-refractivity contribution in [3.8, 4) is 5.75 Å². The van der Waals surface area contributed by atoms with Crippen molar-refractivity contribution in [2.75, 3.05) is 46.9 Å². The zero-order valence-electron chi connectivity index (χ0n) is 13.5. The summed E-state index contributed by atoms with van der Waals surface area (Å²) in [4.78, 5) is 15.4. The number of amides is 1. The van der Waals surface area contributed by atoms with Crippen LogP contribution < -0.4 is 14.4 Å². The van der Waals surface area contributed by atoms with Crippen LogP contribution in [0, 0.1) is 0 Å². The second kappa shape index (κ2) is 7.76. The third-order valence-electron chi connectivity index (χ3n) is 3.97. The van der Waals surface area contributed by atoms with Crippen molar-refractivity contribution in [2.24, 2.45) is 0 Å². The van der Waals surface area contributed by atoms with Crippen LogP contribution in [0.1, 0.15) is 6.42 Å². The molecule has 7 nitrogen and oxygen atoms in total. The fourth-order valence-electron chi connectivity index (χ4n) is 2.43. The van der Waals surface area contributed by atoms with Crippen LogP contribution in [-0.4, -0.2) is 66.1 Å². The second-order valence-electron chi connectivity index (χ2n) is 5.66. The fraction of sp³-hybridized carbons (Fsp3) is 0.533. The Labute approximate surface area is 137 Å². The van der Waals surface area contributed by atoms with Gasteiger partial charge in [0.1, 0.15) is 5.75 Å². The monoisotopic (exact) mass is 342 g/mol. The maximum atomic E-state index is 12.2. The normalized spacial score (nSPS) is 16.3. The minimum atomic E-state index is -3.60. The molecule has 0 bridgehead atoms.